The van der Waals surface area contributed by atoms with Gasteiger partial charge in [-0.2, -0.15) is 0 Å². The minimum atomic E-state index is -1.21. The fourth-order valence-corrected chi connectivity index (χ4v) is 2.80. The molecule has 1 aliphatic carbocycles. The topological polar surface area (TPSA) is 61.8 Å². The first-order chi connectivity index (χ1) is 9.59. The molecule has 108 valence electrons. The molecule has 1 aromatic carbocycles. The summed E-state index contributed by atoms with van der Waals surface area (Å²) in [6.45, 7) is 0. The van der Waals surface area contributed by atoms with Gasteiger partial charge in [0.25, 0.3) is 0 Å². The van der Waals surface area contributed by atoms with Crippen LogP contribution in [0.15, 0.2) is 24.3 Å². The molecule has 5 nitrogen and oxygen atoms in total. The first-order valence-electron chi connectivity index (χ1n) is 6.41. The molecule has 0 aromatic heterocycles. The van der Waals surface area contributed by atoms with Crippen LogP contribution < -0.4 is 4.74 Å². The van der Waals surface area contributed by atoms with Gasteiger partial charge in [-0.25, -0.2) is 0 Å². The van der Waals surface area contributed by atoms with Crippen molar-refractivity contribution in [1.82, 2.24) is 0 Å². The first kappa shape index (κ1) is 14.4. The lowest BCUT2D eigenvalue weighted by Crippen LogP contribution is -2.52. The van der Waals surface area contributed by atoms with Crippen molar-refractivity contribution in [2.24, 2.45) is 5.41 Å². The maximum Gasteiger partial charge on any atom is 0.323 e. The zero-order chi connectivity index (χ0) is 14.8. The first-order valence-corrected chi connectivity index (χ1v) is 6.41. The minimum absolute atomic E-state index is 0.215. The van der Waals surface area contributed by atoms with Crippen molar-refractivity contribution in [2.45, 2.75) is 18.8 Å². The molecular weight excluding hydrogens is 260 g/mol. The Bertz CT molecular complexity index is 490. The number of benzene rings is 1. The van der Waals surface area contributed by atoms with Crippen LogP contribution in [0.2, 0.25) is 0 Å². The van der Waals surface area contributed by atoms with Crippen molar-refractivity contribution in [2.75, 3.05) is 21.3 Å². The standard InChI is InChI=1S/C15H18O5/c1-18-11-6-4-10(5-7-11)12-8-9-15(12,13(16)19-2)14(17)20-3/h4-7,12H,8-9H2,1-3H3. The Hall–Kier alpha value is -2.04. The summed E-state index contributed by atoms with van der Waals surface area (Å²) in [5.74, 6) is -0.545. The highest BCUT2D eigenvalue weighted by atomic mass is 16.5. The smallest absolute Gasteiger partial charge is 0.323 e. The molecule has 0 N–H and O–H groups in total. The van der Waals surface area contributed by atoms with E-state index in [1.54, 1.807) is 7.11 Å². The van der Waals surface area contributed by atoms with Gasteiger partial charge in [-0.3, -0.25) is 9.59 Å². The summed E-state index contributed by atoms with van der Waals surface area (Å²) < 4.78 is 14.7. The van der Waals surface area contributed by atoms with Crippen molar-refractivity contribution in [3.63, 3.8) is 0 Å². The monoisotopic (exact) mass is 278 g/mol. The molecule has 0 amide bonds. The van der Waals surface area contributed by atoms with Gasteiger partial charge < -0.3 is 14.2 Å². The van der Waals surface area contributed by atoms with E-state index in [0.29, 0.717) is 6.42 Å². The van der Waals surface area contributed by atoms with Gasteiger partial charge in [0.2, 0.25) is 0 Å². The van der Waals surface area contributed by atoms with E-state index < -0.39 is 17.4 Å². The van der Waals surface area contributed by atoms with Crippen LogP contribution in [0.25, 0.3) is 0 Å². The third-order valence-corrected chi connectivity index (χ3v) is 4.04. The molecule has 1 saturated carbocycles. The zero-order valence-corrected chi connectivity index (χ0v) is 11.8. The second kappa shape index (κ2) is 5.53. The van der Waals surface area contributed by atoms with Crippen molar-refractivity contribution in [1.29, 1.82) is 0 Å². The highest BCUT2D eigenvalue weighted by Gasteiger charge is 2.61. The van der Waals surface area contributed by atoms with Gasteiger partial charge in [0.05, 0.1) is 21.3 Å². The van der Waals surface area contributed by atoms with Gasteiger partial charge >= 0.3 is 11.9 Å². The summed E-state index contributed by atoms with van der Waals surface area (Å²) in [7, 11) is 4.17. The van der Waals surface area contributed by atoms with Crippen molar-refractivity contribution in [3.05, 3.63) is 29.8 Å². The SMILES string of the molecule is COC(=O)C1(C(=O)OC)CCC1c1ccc(OC)cc1. The molecule has 1 unspecified atom stereocenters. The number of carbonyl (C=O) groups is 2. The summed E-state index contributed by atoms with van der Waals surface area (Å²) in [6, 6.07) is 7.35. The third kappa shape index (κ3) is 2.03. The Kier molecular flexibility index (Phi) is 3.97. The highest BCUT2D eigenvalue weighted by molar-refractivity contribution is 6.02. The molecule has 1 aliphatic rings. The molecule has 0 saturated heterocycles. The molecule has 0 heterocycles. The molecular formula is C15H18O5. The zero-order valence-electron chi connectivity index (χ0n) is 11.8. The average Bonchev–Trinajstić information content (AvgIpc) is 2.46. The number of ether oxygens (including phenoxy) is 3. The van der Waals surface area contributed by atoms with Crippen LogP contribution in [-0.2, 0) is 19.1 Å². The number of esters is 2. The Morgan fingerprint density at radius 1 is 1.05 bits per heavy atom. The van der Waals surface area contributed by atoms with E-state index in [1.165, 1.54) is 14.2 Å². The molecule has 20 heavy (non-hydrogen) atoms. The molecule has 5 heteroatoms. The fourth-order valence-electron chi connectivity index (χ4n) is 2.80. The molecule has 1 fully saturated rings. The van der Waals surface area contributed by atoms with E-state index >= 15 is 0 Å². The van der Waals surface area contributed by atoms with E-state index in [0.717, 1.165) is 17.7 Å². The fraction of sp³-hybridized carbons (Fsp3) is 0.467. The maximum absolute atomic E-state index is 12.1. The summed E-state index contributed by atoms with van der Waals surface area (Å²) in [5, 5.41) is 0. The van der Waals surface area contributed by atoms with E-state index in [1.807, 2.05) is 24.3 Å². The molecule has 0 aliphatic heterocycles. The number of carbonyl (C=O) groups excluding carboxylic acids is 2. The summed E-state index contributed by atoms with van der Waals surface area (Å²) in [6.07, 6.45) is 1.19. The lowest BCUT2D eigenvalue weighted by Gasteiger charge is -2.44. The van der Waals surface area contributed by atoms with Gasteiger partial charge in [0.15, 0.2) is 5.41 Å². The maximum atomic E-state index is 12.1. The van der Waals surface area contributed by atoms with E-state index in [9.17, 15) is 9.59 Å². The lowest BCUT2D eigenvalue weighted by atomic mass is 9.57. The van der Waals surface area contributed by atoms with Crippen LogP contribution in [0, 0.1) is 5.41 Å². The summed E-state index contributed by atoms with van der Waals surface area (Å²) in [4.78, 5) is 24.2. The number of hydrogen-bond acceptors (Lipinski definition) is 5. The van der Waals surface area contributed by atoms with Gasteiger partial charge in [-0.1, -0.05) is 12.1 Å². The number of rotatable bonds is 4. The molecule has 1 aromatic rings. The van der Waals surface area contributed by atoms with Crippen molar-refractivity contribution >= 4 is 11.9 Å². The second-order valence-corrected chi connectivity index (χ2v) is 4.82. The number of hydrogen-bond donors (Lipinski definition) is 0. The van der Waals surface area contributed by atoms with Gasteiger partial charge in [-0.15, -0.1) is 0 Å². The lowest BCUT2D eigenvalue weighted by molar-refractivity contribution is -0.178. The predicted molar refractivity (Wildman–Crippen MR) is 71.4 cm³/mol. The van der Waals surface area contributed by atoms with Crippen LogP contribution in [0.4, 0.5) is 0 Å². The normalized spacial score (nSPS) is 19.6. The molecule has 0 radical (unpaired) electrons. The van der Waals surface area contributed by atoms with Gasteiger partial charge in [-0.05, 0) is 30.5 Å². The Morgan fingerprint density at radius 2 is 1.60 bits per heavy atom. The molecule has 2 rings (SSSR count). The molecule has 0 spiro atoms. The Balaban J connectivity index is 2.34. The summed E-state index contributed by atoms with van der Waals surface area (Å²) in [5.41, 5.74) is -0.300. The van der Waals surface area contributed by atoms with Crippen LogP contribution >= 0.6 is 0 Å². The van der Waals surface area contributed by atoms with E-state index in [2.05, 4.69) is 0 Å². The Morgan fingerprint density at radius 3 is 1.95 bits per heavy atom. The second-order valence-electron chi connectivity index (χ2n) is 4.82. The molecule has 0 bridgehead atoms. The van der Waals surface area contributed by atoms with Gasteiger partial charge in [0, 0.05) is 5.92 Å². The van der Waals surface area contributed by atoms with Crippen LogP contribution in [0.1, 0.15) is 24.3 Å². The third-order valence-electron chi connectivity index (χ3n) is 4.04. The molecule has 1 atom stereocenters. The van der Waals surface area contributed by atoms with Crippen LogP contribution in [-0.4, -0.2) is 33.3 Å². The highest BCUT2D eigenvalue weighted by Crippen LogP contribution is 2.54. The minimum Gasteiger partial charge on any atom is -0.497 e. The van der Waals surface area contributed by atoms with Crippen molar-refractivity contribution in [3.8, 4) is 5.75 Å². The summed E-state index contributed by atoms with van der Waals surface area (Å²) >= 11 is 0. The quantitative estimate of drug-likeness (QED) is 0.622. The van der Waals surface area contributed by atoms with E-state index in [-0.39, 0.29) is 5.92 Å². The van der Waals surface area contributed by atoms with Crippen LogP contribution in [0.5, 0.6) is 5.75 Å². The average molecular weight is 278 g/mol. The Labute approximate surface area is 117 Å². The number of methoxy groups -OCH3 is 3. The predicted octanol–water partition coefficient (Wildman–Crippen LogP) is 1.90. The van der Waals surface area contributed by atoms with Crippen molar-refractivity contribution < 1.29 is 23.8 Å². The van der Waals surface area contributed by atoms with Crippen LogP contribution in [0.3, 0.4) is 0 Å². The largest absolute Gasteiger partial charge is 0.497 e. The van der Waals surface area contributed by atoms with Gasteiger partial charge in [0.1, 0.15) is 5.75 Å². The van der Waals surface area contributed by atoms with E-state index in [4.69, 9.17) is 14.2 Å².